The Kier molecular flexibility index (Phi) is 9.90. The van der Waals surface area contributed by atoms with Crippen molar-refractivity contribution in [3.63, 3.8) is 0 Å². The molecule has 1 aliphatic rings. The number of thiol groups is 1. The number of alkyl halides is 3. The fourth-order valence-electron chi connectivity index (χ4n) is 3.22. The fraction of sp³-hybridized carbons (Fsp3) is 0.391. The van der Waals surface area contributed by atoms with E-state index in [4.69, 9.17) is 0 Å². The molecule has 1 aromatic heterocycles. The van der Waals surface area contributed by atoms with Crippen molar-refractivity contribution in [2.24, 2.45) is 10.2 Å². The van der Waals surface area contributed by atoms with Gasteiger partial charge in [-0.1, -0.05) is 25.1 Å². The lowest BCUT2D eigenvalue weighted by atomic mass is 10.1. The lowest BCUT2D eigenvalue weighted by Gasteiger charge is -2.30. The third-order valence-corrected chi connectivity index (χ3v) is 4.88. The Morgan fingerprint density at radius 1 is 1.06 bits per heavy atom. The van der Waals surface area contributed by atoms with Crippen molar-refractivity contribution in [1.29, 1.82) is 0 Å². The maximum atomic E-state index is 13.2. The van der Waals surface area contributed by atoms with E-state index in [1.165, 1.54) is 6.20 Å². The minimum Gasteiger partial charge on any atom is -0.325 e. The Hall–Kier alpha value is -2.88. The number of pyridine rings is 1. The molecule has 0 saturated heterocycles. The van der Waals surface area contributed by atoms with Crippen molar-refractivity contribution in [2.75, 3.05) is 24.2 Å². The highest BCUT2D eigenvalue weighted by Crippen LogP contribution is 2.25. The van der Waals surface area contributed by atoms with E-state index in [1.807, 2.05) is 44.2 Å². The second-order valence-electron chi connectivity index (χ2n) is 7.09. The van der Waals surface area contributed by atoms with Crippen LogP contribution in [0.1, 0.15) is 37.9 Å². The molecule has 0 aliphatic carbocycles. The largest absolute Gasteiger partial charge is 0.431 e. The molecule has 2 aromatic rings. The van der Waals surface area contributed by atoms with Crippen molar-refractivity contribution in [1.82, 2.24) is 9.88 Å². The second kappa shape index (κ2) is 12.4. The second-order valence-corrected chi connectivity index (χ2v) is 7.09. The molecule has 0 N–H and O–H groups in total. The molecule has 1 aromatic carbocycles. The Balaban J connectivity index is 0.00000187. The Labute approximate surface area is 197 Å². The number of anilines is 1. The van der Waals surface area contributed by atoms with Gasteiger partial charge in [-0.2, -0.15) is 30.9 Å². The molecule has 33 heavy (non-hydrogen) atoms. The molecule has 3 rings (SSSR count). The van der Waals surface area contributed by atoms with Crippen molar-refractivity contribution in [2.45, 2.75) is 39.4 Å². The van der Waals surface area contributed by atoms with Crippen LogP contribution in [0.15, 0.2) is 58.9 Å². The third kappa shape index (κ3) is 7.05. The van der Waals surface area contributed by atoms with Crippen LogP contribution in [0.5, 0.6) is 0 Å². The van der Waals surface area contributed by atoms with Crippen LogP contribution in [0.2, 0.25) is 0 Å². The van der Waals surface area contributed by atoms with Gasteiger partial charge in [0.05, 0.1) is 18.0 Å². The zero-order chi connectivity index (χ0) is 24.4. The van der Waals surface area contributed by atoms with Gasteiger partial charge in [0.2, 0.25) is 0 Å². The number of carbonyl (C=O) groups excluding carboxylic acids is 1. The quantitative estimate of drug-likeness (QED) is 0.526. The predicted octanol–water partition coefficient (Wildman–Crippen LogP) is 5.60. The molecular weight excluding hydrogens is 451 g/mol. The van der Waals surface area contributed by atoms with Crippen LogP contribution in [0.3, 0.4) is 0 Å². The molecule has 0 atom stereocenters. The van der Waals surface area contributed by atoms with Crippen molar-refractivity contribution < 1.29 is 18.0 Å². The van der Waals surface area contributed by atoms with Crippen molar-refractivity contribution in [3.05, 3.63) is 59.9 Å². The van der Waals surface area contributed by atoms with Crippen LogP contribution in [0, 0.1) is 0 Å². The van der Waals surface area contributed by atoms with Crippen LogP contribution in [-0.2, 0) is 6.54 Å². The summed E-state index contributed by atoms with van der Waals surface area (Å²) < 4.78 is 38.3. The molecule has 2 heterocycles. The summed E-state index contributed by atoms with van der Waals surface area (Å²) >= 11 is 3.53. The number of amides is 2. The number of aromatic nitrogens is 1. The lowest BCUT2D eigenvalue weighted by molar-refractivity contribution is -0.0596. The van der Waals surface area contributed by atoms with Gasteiger partial charge in [0.25, 0.3) is 0 Å². The molecule has 178 valence electrons. The van der Waals surface area contributed by atoms with Crippen LogP contribution in [-0.4, -0.2) is 52.9 Å². The normalized spacial score (nSPS) is 12.9. The zero-order valence-electron chi connectivity index (χ0n) is 18.9. The van der Waals surface area contributed by atoms with E-state index < -0.39 is 11.9 Å². The van der Waals surface area contributed by atoms with E-state index in [0.717, 1.165) is 12.1 Å². The SMILES string of the molecule is CCCN(CC)C(=O)N(Cc1ccc(C2=NN=C(C(F)(F)F)C2)cn1)c1ccccc1.CS. The van der Waals surface area contributed by atoms with Gasteiger partial charge in [0.1, 0.15) is 5.71 Å². The van der Waals surface area contributed by atoms with Gasteiger partial charge in [-0.25, -0.2) is 4.79 Å². The summed E-state index contributed by atoms with van der Waals surface area (Å²) in [6, 6.07) is 12.5. The highest BCUT2D eigenvalue weighted by Gasteiger charge is 2.38. The van der Waals surface area contributed by atoms with Gasteiger partial charge in [-0.15, -0.1) is 5.10 Å². The molecular formula is C23H28F3N5OS. The highest BCUT2D eigenvalue weighted by molar-refractivity contribution is 7.79. The number of hydrogen-bond acceptors (Lipinski definition) is 5. The molecule has 0 bridgehead atoms. The van der Waals surface area contributed by atoms with E-state index in [1.54, 1.807) is 28.2 Å². The number of nitrogens with zero attached hydrogens (tertiary/aromatic N) is 5. The molecule has 0 unspecified atom stereocenters. The molecule has 0 saturated carbocycles. The van der Waals surface area contributed by atoms with Crippen LogP contribution in [0.4, 0.5) is 23.7 Å². The Bertz CT molecular complexity index is 962. The van der Waals surface area contributed by atoms with E-state index in [2.05, 4.69) is 27.8 Å². The summed E-state index contributed by atoms with van der Waals surface area (Å²) in [6.07, 6.45) is -0.847. The van der Waals surface area contributed by atoms with E-state index >= 15 is 0 Å². The molecule has 0 radical (unpaired) electrons. The first-order valence-electron chi connectivity index (χ1n) is 10.6. The number of hydrogen-bond donors (Lipinski definition) is 1. The lowest BCUT2D eigenvalue weighted by Crippen LogP contribution is -2.43. The number of rotatable bonds is 7. The average molecular weight is 480 g/mol. The van der Waals surface area contributed by atoms with E-state index in [-0.39, 0.29) is 24.7 Å². The molecule has 1 aliphatic heterocycles. The molecule has 0 spiro atoms. The van der Waals surface area contributed by atoms with Crippen LogP contribution < -0.4 is 4.90 Å². The molecule has 0 fully saturated rings. The van der Waals surface area contributed by atoms with Gasteiger partial charge in [0, 0.05) is 37.0 Å². The standard InChI is InChI=1S/C22H24F3N5O.CH4S/c1-3-12-29(4-2)21(31)30(18-8-6-5-7-9-18)15-17-11-10-16(14-26-17)19-13-20(28-27-19)22(23,24)25;1-2/h5-11,14H,3-4,12-13,15H2,1-2H3;2H,1H3. The number of urea groups is 1. The summed E-state index contributed by atoms with van der Waals surface area (Å²) in [5.74, 6) is 0. The van der Waals surface area contributed by atoms with Crippen LogP contribution >= 0.6 is 12.6 Å². The first-order valence-corrected chi connectivity index (χ1v) is 11.4. The van der Waals surface area contributed by atoms with Crippen LogP contribution in [0.25, 0.3) is 0 Å². The van der Waals surface area contributed by atoms with Gasteiger partial charge in [-0.05, 0) is 43.9 Å². The maximum Gasteiger partial charge on any atom is 0.431 e. The van der Waals surface area contributed by atoms with E-state index in [9.17, 15) is 18.0 Å². The monoisotopic (exact) mass is 479 g/mol. The van der Waals surface area contributed by atoms with Gasteiger partial charge < -0.3 is 4.90 Å². The summed E-state index contributed by atoms with van der Waals surface area (Å²) in [4.78, 5) is 20.9. The molecule has 10 heteroatoms. The van der Waals surface area contributed by atoms with Gasteiger partial charge in [0.15, 0.2) is 0 Å². The Morgan fingerprint density at radius 3 is 2.27 bits per heavy atom. The maximum absolute atomic E-state index is 13.2. The summed E-state index contributed by atoms with van der Waals surface area (Å²) in [6.45, 7) is 5.42. The smallest absolute Gasteiger partial charge is 0.325 e. The third-order valence-electron chi connectivity index (χ3n) is 4.88. The number of para-hydroxylation sites is 1. The topological polar surface area (TPSA) is 61.2 Å². The average Bonchev–Trinajstić information content (AvgIpc) is 3.34. The summed E-state index contributed by atoms with van der Waals surface area (Å²) in [5, 5.41) is 6.89. The van der Waals surface area contributed by atoms with Crippen molar-refractivity contribution >= 4 is 35.8 Å². The summed E-state index contributed by atoms with van der Waals surface area (Å²) in [7, 11) is 0. The number of carbonyl (C=O) groups is 1. The molecule has 2 amide bonds. The summed E-state index contributed by atoms with van der Waals surface area (Å²) in [5.41, 5.74) is 1.15. The first-order chi connectivity index (χ1) is 15.8. The highest BCUT2D eigenvalue weighted by atomic mass is 32.1. The minimum atomic E-state index is -4.49. The fourth-order valence-corrected chi connectivity index (χ4v) is 3.22. The van der Waals surface area contributed by atoms with Gasteiger partial charge >= 0.3 is 12.2 Å². The van der Waals surface area contributed by atoms with Crippen molar-refractivity contribution in [3.8, 4) is 0 Å². The Morgan fingerprint density at radius 2 is 1.76 bits per heavy atom. The predicted molar refractivity (Wildman–Crippen MR) is 129 cm³/mol. The number of benzene rings is 1. The minimum absolute atomic E-state index is 0.121. The number of halogens is 3. The van der Waals surface area contributed by atoms with E-state index in [0.29, 0.717) is 24.3 Å². The van der Waals surface area contributed by atoms with Gasteiger partial charge in [-0.3, -0.25) is 9.88 Å². The first kappa shape index (κ1) is 26.4. The zero-order valence-corrected chi connectivity index (χ0v) is 19.8. The molecule has 6 nitrogen and oxygen atoms in total.